The lowest BCUT2D eigenvalue weighted by Crippen LogP contribution is -2.58. The van der Waals surface area contributed by atoms with Crippen molar-refractivity contribution in [3.63, 3.8) is 0 Å². The second-order valence-corrected chi connectivity index (χ2v) is 11.5. The fraction of sp³-hybridized carbons (Fsp3) is 0.500. The molecule has 2 aliphatic carbocycles. The zero-order valence-electron chi connectivity index (χ0n) is 22.4. The first-order valence-corrected chi connectivity index (χ1v) is 14.2. The van der Waals surface area contributed by atoms with E-state index >= 15 is 0 Å². The lowest BCUT2D eigenvalue weighted by atomic mass is 9.66. The minimum absolute atomic E-state index is 0.00430. The first-order valence-electron chi connectivity index (χ1n) is 14.2. The summed E-state index contributed by atoms with van der Waals surface area (Å²) in [6.45, 7) is 4.25. The lowest BCUT2D eigenvalue weighted by Gasteiger charge is -2.53. The first kappa shape index (κ1) is 25.2. The quantitative estimate of drug-likeness (QED) is 0.455. The molecule has 3 aliphatic rings. The maximum absolute atomic E-state index is 14.1. The minimum atomic E-state index is -0.733. The molecule has 1 saturated carbocycles. The number of aliphatic hydroxyl groups is 1. The maximum Gasteiger partial charge on any atom is 0.339 e. The molecule has 4 atom stereocenters. The Morgan fingerprint density at radius 2 is 1.84 bits per heavy atom. The van der Waals surface area contributed by atoms with Gasteiger partial charge >= 0.3 is 5.63 Å². The molecule has 6 nitrogen and oxygen atoms in total. The van der Waals surface area contributed by atoms with Crippen LogP contribution in [0.3, 0.4) is 0 Å². The number of nitrogens with zero attached hydrogens (tertiary/aromatic N) is 1. The van der Waals surface area contributed by atoms with Crippen LogP contribution >= 0.6 is 0 Å². The molecule has 0 bridgehead atoms. The SMILES string of the molecule is Cc1cc(O[C@H](C)C(=O)N2CC[C@]3(O)CCCC[C@@H]3[C@@H]2c2ccccc2)c2c3c(c(=O)oc2c1)CCCC3. The summed E-state index contributed by atoms with van der Waals surface area (Å²) >= 11 is 0. The highest BCUT2D eigenvalue weighted by atomic mass is 16.5. The third-order valence-electron chi connectivity index (χ3n) is 9.07. The van der Waals surface area contributed by atoms with Crippen molar-refractivity contribution in [2.24, 2.45) is 5.92 Å². The fourth-order valence-corrected chi connectivity index (χ4v) is 7.23. The van der Waals surface area contributed by atoms with Crippen molar-refractivity contribution in [3.05, 3.63) is 75.1 Å². The van der Waals surface area contributed by atoms with Crippen LogP contribution in [0.2, 0.25) is 0 Å². The van der Waals surface area contributed by atoms with Crippen molar-refractivity contribution in [1.82, 2.24) is 4.90 Å². The Labute approximate surface area is 223 Å². The number of benzene rings is 2. The first-order chi connectivity index (χ1) is 18.4. The van der Waals surface area contributed by atoms with Gasteiger partial charge < -0.3 is 19.2 Å². The molecular formula is C32H37NO5. The van der Waals surface area contributed by atoms with E-state index in [1.807, 2.05) is 49.1 Å². The van der Waals surface area contributed by atoms with Gasteiger partial charge in [0.25, 0.3) is 5.91 Å². The number of rotatable bonds is 4. The second kappa shape index (κ2) is 9.88. The number of amides is 1. The number of fused-ring (bicyclic) bond motifs is 4. The highest BCUT2D eigenvalue weighted by Crippen LogP contribution is 2.49. The number of ether oxygens (including phenoxy) is 1. The van der Waals surface area contributed by atoms with Crippen molar-refractivity contribution in [2.45, 2.75) is 89.4 Å². The van der Waals surface area contributed by atoms with Gasteiger partial charge in [0.2, 0.25) is 0 Å². The van der Waals surface area contributed by atoms with Crippen LogP contribution in [0.5, 0.6) is 5.75 Å². The summed E-state index contributed by atoms with van der Waals surface area (Å²) in [6, 6.07) is 13.8. The summed E-state index contributed by atoms with van der Waals surface area (Å²) in [4.78, 5) is 28.7. The van der Waals surface area contributed by atoms with Crippen molar-refractivity contribution in [2.75, 3.05) is 6.54 Å². The molecule has 2 fully saturated rings. The molecule has 1 saturated heterocycles. The molecule has 38 heavy (non-hydrogen) atoms. The summed E-state index contributed by atoms with van der Waals surface area (Å²) in [7, 11) is 0. The largest absolute Gasteiger partial charge is 0.480 e. The predicted octanol–water partition coefficient (Wildman–Crippen LogP) is 5.64. The molecule has 6 heteroatoms. The number of carbonyl (C=O) groups is 1. The van der Waals surface area contributed by atoms with Crippen molar-refractivity contribution < 1.29 is 19.1 Å². The van der Waals surface area contributed by atoms with Gasteiger partial charge in [-0.15, -0.1) is 0 Å². The Morgan fingerprint density at radius 1 is 1.08 bits per heavy atom. The summed E-state index contributed by atoms with van der Waals surface area (Å²) < 4.78 is 12.2. The van der Waals surface area contributed by atoms with Crippen molar-refractivity contribution in [1.29, 1.82) is 0 Å². The molecule has 1 aromatic heterocycles. The predicted molar refractivity (Wildman–Crippen MR) is 146 cm³/mol. The number of likely N-dealkylation sites (tertiary alicyclic amines) is 1. The average Bonchev–Trinajstić information content (AvgIpc) is 2.92. The monoisotopic (exact) mass is 515 g/mol. The molecule has 1 amide bonds. The highest BCUT2D eigenvalue weighted by Gasteiger charge is 2.50. The van der Waals surface area contributed by atoms with Gasteiger partial charge in [0.15, 0.2) is 6.10 Å². The van der Waals surface area contributed by atoms with Crippen LogP contribution in [0.25, 0.3) is 11.0 Å². The fourth-order valence-electron chi connectivity index (χ4n) is 7.23. The average molecular weight is 516 g/mol. The molecule has 3 aromatic rings. The Hall–Kier alpha value is -3.12. The van der Waals surface area contributed by atoms with Gasteiger partial charge in [-0.25, -0.2) is 4.79 Å². The maximum atomic E-state index is 14.1. The van der Waals surface area contributed by atoms with Crippen LogP contribution in [-0.2, 0) is 17.6 Å². The van der Waals surface area contributed by atoms with Gasteiger partial charge in [0.1, 0.15) is 11.3 Å². The van der Waals surface area contributed by atoms with E-state index in [1.165, 1.54) is 0 Å². The molecular weight excluding hydrogens is 478 g/mol. The van der Waals surface area contributed by atoms with E-state index in [1.54, 1.807) is 0 Å². The summed E-state index contributed by atoms with van der Waals surface area (Å²) in [5, 5.41) is 12.4. The van der Waals surface area contributed by atoms with Gasteiger partial charge in [0, 0.05) is 18.0 Å². The summed E-state index contributed by atoms with van der Waals surface area (Å²) in [5.74, 6) is 0.530. The molecule has 1 N–H and O–H groups in total. The molecule has 1 aliphatic heterocycles. The van der Waals surface area contributed by atoms with Gasteiger partial charge in [-0.1, -0.05) is 43.2 Å². The normalized spacial score (nSPS) is 25.9. The molecule has 6 rings (SSSR count). The van der Waals surface area contributed by atoms with Crippen LogP contribution < -0.4 is 10.4 Å². The number of piperidine rings is 1. The number of hydrogen-bond donors (Lipinski definition) is 1. The van der Waals surface area contributed by atoms with E-state index in [0.717, 1.165) is 72.6 Å². The smallest absolute Gasteiger partial charge is 0.339 e. The zero-order valence-corrected chi connectivity index (χ0v) is 22.4. The van der Waals surface area contributed by atoms with E-state index in [4.69, 9.17) is 9.15 Å². The molecule has 0 unspecified atom stereocenters. The summed E-state index contributed by atoms with van der Waals surface area (Å²) in [5.41, 5.74) is 3.26. The van der Waals surface area contributed by atoms with Crippen molar-refractivity contribution >= 4 is 16.9 Å². The molecule has 0 spiro atoms. The number of aryl methyl sites for hydroxylation is 2. The Morgan fingerprint density at radius 3 is 2.63 bits per heavy atom. The highest BCUT2D eigenvalue weighted by molar-refractivity contribution is 5.89. The van der Waals surface area contributed by atoms with Crippen molar-refractivity contribution in [3.8, 4) is 5.75 Å². The van der Waals surface area contributed by atoms with Gasteiger partial charge in [-0.05, 0) is 87.6 Å². The van der Waals surface area contributed by atoms with Gasteiger partial charge in [-0.3, -0.25) is 4.79 Å². The van der Waals surface area contributed by atoms with Gasteiger partial charge in [-0.2, -0.15) is 0 Å². The number of carbonyl (C=O) groups excluding carboxylic acids is 1. The van der Waals surface area contributed by atoms with Crippen LogP contribution in [0, 0.1) is 12.8 Å². The van der Waals surface area contributed by atoms with E-state index in [-0.39, 0.29) is 23.5 Å². The Bertz CT molecular complexity index is 1410. The van der Waals surface area contributed by atoms with E-state index in [0.29, 0.717) is 30.7 Å². The standard InChI is InChI=1S/C32H37NO5/c1-20-18-26(28-23-12-6-7-13-24(23)31(35)38-27(28)19-20)37-21(2)30(34)33-17-16-32(36)15-9-8-14-25(32)29(33)22-10-4-3-5-11-22/h3-5,10-11,18-19,21,25,29,36H,6-9,12-17H2,1-2H3/t21-,25-,29+,32-/m1/s1. The van der Waals surface area contributed by atoms with E-state index < -0.39 is 11.7 Å². The Balaban J connectivity index is 1.35. The zero-order chi connectivity index (χ0) is 26.4. The topological polar surface area (TPSA) is 80.0 Å². The van der Waals surface area contributed by atoms with Crippen LogP contribution in [0.15, 0.2) is 51.7 Å². The molecule has 200 valence electrons. The summed E-state index contributed by atoms with van der Waals surface area (Å²) in [6.07, 6.45) is 7.17. The number of hydrogen-bond acceptors (Lipinski definition) is 5. The van der Waals surface area contributed by atoms with E-state index in [9.17, 15) is 14.7 Å². The third-order valence-corrected chi connectivity index (χ3v) is 9.07. The van der Waals surface area contributed by atoms with Crippen LogP contribution in [-0.4, -0.2) is 34.2 Å². The second-order valence-electron chi connectivity index (χ2n) is 11.5. The Kier molecular flexibility index (Phi) is 6.55. The van der Waals surface area contributed by atoms with Crippen LogP contribution in [0.4, 0.5) is 0 Å². The van der Waals surface area contributed by atoms with Crippen LogP contribution in [0.1, 0.15) is 80.2 Å². The van der Waals surface area contributed by atoms with Gasteiger partial charge in [0.05, 0.1) is 17.0 Å². The molecule has 2 heterocycles. The molecule has 2 aromatic carbocycles. The lowest BCUT2D eigenvalue weighted by molar-refractivity contribution is -0.161. The van der Waals surface area contributed by atoms with E-state index in [2.05, 4.69) is 12.1 Å². The third kappa shape index (κ3) is 4.33. The molecule has 0 radical (unpaired) electrons. The minimum Gasteiger partial charge on any atom is -0.480 e.